The summed E-state index contributed by atoms with van der Waals surface area (Å²) in [7, 11) is 0. The Labute approximate surface area is 109 Å². The largest absolute Gasteiger partial charge is 0.478 e. The van der Waals surface area contributed by atoms with Crippen LogP contribution in [0.5, 0.6) is 0 Å². The predicted octanol–water partition coefficient (Wildman–Crippen LogP) is 2.76. The van der Waals surface area contributed by atoms with Gasteiger partial charge in [0.2, 0.25) is 0 Å². The van der Waals surface area contributed by atoms with Crippen molar-refractivity contribution in [3.63, 3.8) is 0 Å². The van der Waals surface area contributed by atoms with Crippen molar-refractivity contribution in [2.45, 2.75) is 25.9 Å². The summed E-state index contributed by atoms with van der Waals surface area (Å²) in [5, 5.41) is 14.3. The molecule has 2 heterocycles. The highest BCUT2D eigenvalue weighted by molar-refractivity contribution is 7.09. The molecule has 0 saturated carbocycles. The van der Waals surface area contributed by atoms with E-state index in [9.17, 15) is 4.79 Å². The third-order valence-corrected chi connectivity index (χ3v) is 3.57. The summed E-state index contributed by atoms with van der Waals surface area (Å²) < 4.78 is 5.17. The lowest BCUT2D eigenvalue weighted by Gasteiger charge is -2.11. The molecule has 0 amide bonds. The van der Waals surface area contributed by atoms with E-state index in [4.69, 9.17) is 9.52 Å². The molecule has 0 aromatic carbocycles. The molecule has 0 fully saturated rings. The van der Waals surface area contributed by atoms with E-state index in [2.05, 4.69) is 23.7 Å². The number of thiophene rings is 1. The molecule has 18 heavy (non-hydrogen) atoms. The number of nitrogens with one attached hydrogen (secondary N) is 1. The van der Waals surface area contributed by atoms with E-state index < -0.39 is 5.97 Å². The van der Waals surface area contributed by atoms with Gasteiger partial charge in [-0.05, 0) is 30.9 Å². The minimum Gasteiger partial charge on any atom is -0.478 e. The number of carbonyl (C=O) groups is 1. The maximum absolute atomic E-state index is 10.9. The first-order valence-corrected chi connectivity index (χ1v) is 6.60. The average Bonchev–Trinajstić information content (AvgIpc) is 2.96. The third kappa shape index (κ3) is 3.21. The number of carboxylic acid groups (broad SMARTS) is 1. The van der Waals surface area contributed by atoms with Gasteiger partial charge in [-0.15, -0.1) is 11.3 Å². The lowest BCUT2D eigenvalue weighted by molar-refractivity contribution is 0.0694. The van der Waals surface area contributed by atoms with Gasteiger partial charge in [-0.2, -0.15) is 0 Å². The smallest absolute Gasteiger partial charge is 0.339 e. The second kappa shape index (κ2) is 5.84. The van der Waals surface area contributed by atoms with E-state index in [1.54, 1.807) is 11.3 Å². The zero-order valence-corrected chi connectivity index (χ0v) is 10.9. The predicted molar refractivity (Wildman–Crippen MR) is 70.0 cm³/mol. The Kier molecular flexibility index (Phi) is 4.17. The van der Waals surface area contributed by atoms with E-state index in [-0.39, 0.29) is 11.6 Å². The standard InChI is InChI=1S/C13H15NO3S/c1-9(7-10-3-2-6-18-10)14-8-12-11(13(15)16)4-5-17-12/h2-6,9,14H,7-8H2,1H3,(H,15,16). The number of carboxylic acids is 1. The first kappa shape index (κ1) is 12.9. The second-order valence-electron chi connectivity index (χ2n) is 4.13. The Bertz CT molecular complexity index is 504. The molecule has 1 atom stereocenters. The van der Waals surface area contributed by atoms with Crippen LogP contribution < -0.4 is 5.32 Å². The molecule has 0 bridgehead atoms. The summed E-state index contributed by atoms with van der Waals surface area (Å²) in [6, 6.07) is 5.87. The molecule has 1 unspecified atom stereocenters. The maximum atomic E-state index is 10.9. The van der Waals surface area contributed by atoms with Crippen molar-refractivity contribution in [1.29, 1.82) is 0 Å². The fourth-order valence-electron chi connectivity index (χ4n) is 1.74. The van der Waals surface area contributed by atoms with Gasteiger partial charge in [0.15, 0.2) is 0 Å². The van der Waals surface area contributed by atoms with Crippen molar-refractivity contribution in [2.24, 2.45) is 0 Å². The second-order valence-corrected chi connectivity index (χ2v) is 5.16. The molecule has 2 aromatic heterocycles. The maximum Gasteiger partial charge on any atom is 0.339 e. The fourth-order valence-corrected chi connectivity index (χ4v) is 2.57. The Morgan fingerprint density at radius 2 is 2.39 bits per heavy atom. The molecule has 0 radical (unpaired) electrons. The minimum atomic E-state index is -0.952. The number of furan rings is 1. The van der Waals surface area contributed by atoms with Gasteiger partial charge in [0, 0.05) is 10.9 Å². The zero-order valence-electron chi connectivity index (χ0n) is 10.1. The van der Waals surface area contributed by atoms with Crippen LogP contribution in [0, 0.1) is 0 Å². The molecule has 2 rings (SSSR count). The molecule has 2 aromatic rings. The Morgan fingerprint density at radius 1 is 1.56 bits per heavy atom. The normalized spacial score (nSPS) is 12.5. The molecule has 5 heteroatoms. The molecule has 2 N–H and O–H groups in total. The van der Waals surface area contributed by atoms with Gasteiger partial charge in [-0.1, -0.05) is 6.07 Å². The van der Waals surface area contributed by atoms with Crippen LogP contribution in [-0.4, -0.2) is 17.1 Å². The minimum absolute atomic E-state index is 0.228. The van der Waals surface area contributed by atoms with Crippen LogP contribution in [0.3, 0.4) is 0 Å². The van der Waals surface area contributed by atoms with Crippen molar-refractivity contribution in [1.82, 2.24) is 5.32 Å². The molecule has 0 spiro atoms. The van der Waals surface area contributed by atoms with Gasteiger partial charge in [0.05, 0.1) is 12.8 Å². The number of rotatable bonds is 6. The highest BCUT2D eigenvalue weighted by Crippen LogP contribution is 2.13. The van der Waals surface area contributed by atoms with Crippen molar-refractivity contribution < 1.29 is 14.3 Å². The van der Waals surface area contributed by atoms with E-state index >= 15 is 0 Å². The zero-order chi connectivity index (χ0) is 13.0. The van der Waals surface area contributed by atoms with Gasteiger partial charge < -0.3 is 14.8 Å². The highest BCUT2D eigenvalue weighted by Gasteiger charge is 2.14. The third-order valence-electron chi connectivity index (χ3n) is 2.67. The Morgan fingerprint density at radius 3 is 3.06 bits per heavy atom. The number of hydrogen-bond acceptors (Lipinski definition) is 4. The first-order chi connectivity index (χ1) is 8.66. The van der Waals surface area contributed by atoms with Crippen LogP contribution in [0.25, 0.3) is 0 Å². The van der Waals surface area contributed by atoms with Crippen LogP contribution in [0.4, 0.5) is 0 Å². The lowest BCUT2D eigenvalue weighted by atomic mass is 10.2. The molecule has 0 aliphatic rings. The first-order valence-electron chi connectivity index (χ1n) is 5.72. The summed E-state index contributed by atoms with van der Waals surface area (Å²) in [4.78, 5) is 12.2. The van der Waals surface area contributed by atoms with Crippen molar-refractivity contribution >= 4 is 17.3 Å². The summed E-state index contributed by atoms with van der Waals surface area (Å²) in [5.41, 5.74) is 0.228. The topological polar surface area (TPSA) is 62.5 Å². The summed E-state index contributed by atoms with van der Waals surface area (Å²) in [5.74, 6) is -0.480. The van der Waals surface area contributed by atoms with Crippen molar-refractivity contribution in [2.75, 3.05) is 0 Å². The lowest BCUT2D eigenvalue weighted by Crippen LogP contribution is -2.27. The van der Waals surface area contributed by atoms with Gasteiger partial charge in [-0.25, -0.2) is 4.79 Å². The molecular weight excluding hydrogens is 250 g/mol. The van der Waals surface area contributed by atoms with Crippen LogP contribution >= 0.6 is 11.3 Å². The van der Waals surface area contributed by atoms with Crippen LogP contribution in [0.2, 0.25) is 0 Å². The van der Waals surface area contributed by atoms with E-state index in [1.165, 1.54) is 17.2 Å². The van der Waals surface area contributed by atoms with Crippen molar-refractivity contribution in [3.05, 3.63) is 46.0 Å². The van der Waals surface area contributed by atoms with Crippen molar-refractivity contribution in [3.8, 4) is 0 Å². The SMILES string of the molecule is CC(Cc1cccs1)NCc1occc1C(=O)O. The molecule has 0 aliphatic heterocycles. The molecule has 4 nitrogen and oxygen atoms in total. The van der Waals surface area contributed by atoms with Gasteiger partial charge in [0.1, 0.15) is 11.3 Å². The molecule has 0 saturated heterocycles. The average molecular weight is 265 g/mol. The van der Waals surface area contributed by atoms with Crippen LogP contribution in [0.15, 0.2) is 34.3 Å². The van der Waals surface area contributed by atoms with E-state index in [1.807, 2.05) is 6.07 Å². The van der Waals surface area contributed by atoms with Gasteiger partial charge >= 0.3 is 5.97 Å². The monoisotopic (exact) mass is 265 g/mol. The Hall–Kier alpha value is -1.59. The number of hydrogen-bond donors (Lipinski definition) is 2. The fraction of sp³-hybridized carbons (Fsp3) is 0.308. The molecule has 0 aliphatic carbocycles. The summed E-state index contributed by atoms with van der Waals surface area (Å²) >= 11 is 1.73. The summed E-state index contributed by atoms with van der Waals surface area (Å²) in [6.07, 6.45) is 2.34. The summed E-state index contributed by atoms with van der Waals surface area (Å²) in [6.45, 7) is 2.50. The number of aromatic carboxylic acids is 1. The molecule has 96 valence electrons. The Balaban J connectivity index is 1.87. The van der Waals surface area contributed by atoms with Gasteiger partial charge in [-0.3, -0.25) is 0 Å². The molecular formula is C13H15NO3S. The van der Waals surface area contributed by atoms with Crippen LogP contribution in [-0.2, 0) is 13.0 Å². The quantitative estimate of drug-likeness (QED) is 0.843. The van der Waals surface area contributed by atoms with E-state index in [0.29, 0.717) is 12.3 Å². The highest BCUT2D eigenvalue weighted by atomic mass is 32.1. The van der Waals surface area contributed by atoms with Crippen LogP contribution in [0.1, 0.15) is 27.9 Å². The van der Waals surface area contributed by atoms with Gasteiger partial charge in [0.25, 0.3) is 0 Å². The van der Waals surface area contributed by atoms with E-state index in [0.717, 1.165) is 6.42 Å².